The van der Waals surface area contributed by atoms with E-state index < -0.39 is 0 Å². The molecular formula is C31H49ClN2O3. The Morgan fingerprint density at radius 1 is 0.649 bits per heavy atom. The molecule has 0 aliphatic carbocycles. The topological polar surface area (TPSA) is 78.4 Å². The lowest BCUT2D eigenvalue weighted by Gasteiger charge is -2.05. The van der Waals surface area contributed by atoms with E-state index in [2.05, 4.69) is 24.5 Å². The summed E-state index contributed by atoms with van der Waals surface area (Å²) in [4.78, 5) is 22.3. The fourth-order valence-electron chi connectivity index (χ4n) is 3.33. The second-order valence-corrected chi connectivity index (χ2v) is 9.23. The van der Waals surface area contributed by atoms with Crippen LogP contribution in [0.15, 0.2) is 60.7 Å². The Morgan fingerprint density at radius 3 is 1.54 bits per heavy atom. The number of carbonyl (C=O) groups is 2. The van der Waals surface area contributed by atoms with Crippen LogP contribution in [0.1, 0.15) is 95.6 Å². The molecule has 0 bridgehead atoms. The molecule has 37 heavy (non-hydrogen) atoms. The number of benzene rings is 2. The summed E-state index contributed by atoms with van der Waals surface area (Å²) in [7, 11) is 0. The van der Waals surface area contributed by atoms with E-state index in [1.165, 1.54) is 51.4 Å². The van der Waals surface area contributed by atoms with Gasteiger partial charge in [-0.05, 0) is 24.0 Å². The van der Waals surface area contributed by atoms with Gasteiger partial charge in [0.1, 0.15) is 5.88 Å². The highest BCUT2D eigenvalue weighted by Crippen LogP contribution is 2.07. The van der Waals surface area contributed by atoms with E-state index >= 15 is 0 Å². The van der Waals surface area contributed by atoms with Gasteiger partial charge in [-0.25, -0.2) is 0 Å². The Kier molecular flexibility index (Phi) is 25.0. The molecule has 3 N–H and O–H groups in total. The molecule has 0 saturated carbocycles. The average Bonchev–Trinajstić information content (AvgIpc) is 2.94. The van der Waals surface area contributed by atoms with Crippen molar-refractivity contribution in [3.05, 3.63) is 71.8 Å². The van der Waals surface area contributed by atoms with Crippen molar-refractivity contribution >= 4 is 23.4 Å². The zero-order chi connectivity index (χ0) is 27.4. The molecule has 0 spiro atoms. The van der Waals surface area contributed by atoms with E-state index in [0.717, 1.165) is 24.0 Å². The van der Waals surface area contributed by atoms with Crippen LogP contribution in [0.25, 0.3) is 0 Å². The Labute approximate surface area is 230 Å². The number of hydrogen-bond acceptors (Lipinski definition) is 3. The summed E-state index contributed by atoms with van der Waals surface area (Å²) in [6.07, 6.45) is 12.7. The minimum atomic E-state index is -0.138. The minimum absolute atomic E-state index is 0.0207. The highest BCUT2D eigenvalue weighted by atomic mass is 35.5. The van der Waals surface area contributed by atoms with Gasteiger partial charge >= 0.3 is 0 Å². The van der Waals surface area contributed by atoms with Crippen molar-refractivity contribution < 1.29 is 14.7 Å². The molecule has 0 unspecified atom stereocenters. The van der Waals surface area contributed by atoms with Crippen molar-refractivity contribution in [2.24, 2.45) is 0 Å². The molecule has 0 aliphatic rings. The maximum atomic E-state index is 11.6. The number of carbonyl (C=O) groups excluding carboxylic acids is 2. The number of amides is 2. The molecule has 6 heteroatoms. The lowest BCUT2D eigenvalue weighted by molar-refractivity contribution is -0.121. The van der Waals surface area contributed by atoms with Gasteiger partial charge in [0.05, 0.1) is 0 Å². The summed E-state index contributed by atoms with van der Waals surface area (Å²) in [6.45, 7) is 5.94. The highest BCUT2D eigenvalue weighted by molar-refractivity contribution is 6.27. The van der Waals surface area contributed by atoms with Gasteiger partial charge in [0.25, 0.3) is 0 Å². The lowest BCUT2D eigenvalue weighted by atomic mass is 10.1. The number of alkyl halides is 1. The molecule has 5 nitrogen and oxygen atoms in total. The first-order valence-electron chi connectivity index (χ1n) is 13.8. The van der Waals surface area contributed by atoms with E-state index in [0.29, 0.717) is 26.1 Å². The number of halogens is 1. The second-order valence-electron chi connectivity index (χ2n) is 8.96. The molecule has 0 heterocycles. The van der Waals surface area contributed by atoms with Crippen molar-refractivity contribution in [3.8, 4) is 0 Å². The normalized spacial score (nSPS) is 9.84. The Balaban J connectivity index is 0.000000586. The molecule has 0 fully saturated rings. The van der Waals surface area contributed by atoms with Crippen molar-refractivity contribution in [1.82, 2.24) is 10.6 Å². The van der Waals surface area contributed by atoms with Crippen LogP contribution in [-0.4, -0.2) is 29.4 Å². The first kappa shape index (κ1) is 34.6. The Bertz CT molecular complexity index is 769. The maximum absolute atomic E-state index is 11.6. The van der Waals surface area contributed by atoms with E-state index in [-0.39, 0.29) is 17.7 Å². The van der Waals surface area contributed by atoms with Gasteiger partial charge in [-0.2, -0.15) is 0 Å². The van der Waals surface area contributed by atoms with E-state index in [1.807, 2.05) is 60.7 Å². The molecule has 0 aromatic heterocycles. The van der Waals surface area contributed by atoms with Crippen LogP contribution in [0.5, 0.6) is 0 Å². The summed E-state index contributed by atoms with van der Waals surface area (Å²) < 4.78 is 0. The smallest absolute Gasteiger partial charge is 0.235 e. The SMILES string of the molecule is CCCCCCCCC(=O)NCc1ccccc1.CCCCCCO.O=C(CCl)NCc1ccccc1. The predicted molar refractivity (Wildman–Crippen MR) is 157 cm³/mol. The van der Waals surface area contributed by atoms with Gasteiger partial charge in [0, 0.05) is 26.1 Å². The number of aliphatic hydroxyl groups is 1. The zero-order valence-corrected chi connectivity index (χ0v) is 23.8. The molecule has 2 aromatic rings. The summed E-state index contributed by atoms with van der Waals surface area (Å²) in [5.41, 5.74) is 2.24. The van der Waals surface area contributed by atoms with Crippen LogP contribution in [0.4, 0.5) is 0 Å². The quantitative estimate of drug-likeness (QED) is 0.158. The van der Waals surface area contributed by atoms with Crippen molar-refractivity contribution in [1.29, 1.82) is 0 Å². The standard InChI is InChI=1S/C16H25NO.C9H10ClNO.C6H14O/c1-2-3-4-5-6-10-13-16(18)17-14-15-11-8-7-9-12-15;10-6-9(12)11-7-8-4-2-1-3-5-8;1-2-3-4-5-6-7/h7-9,11-12H,2-6,10,13-14H2,1H3,(H,17,18);1-5H,6-7H2,(H,11,12);7H,2-6H2,1H3. The van der Waals surface area contributed by atoms with Gasteiger partial charge < -0.3 is 15.7 Å². The van der Waals surface area contributed by atoms with Crippen molar-refractivity contribution in [2.45, 2.75) is 97.6 Å². The molecule has 0 saturated heterocycles. The van der Waals surface area contributed by atoms with Crippen LogP contribution < -0.4 is 10.6 Å². The first-order valence-corrected chi connectivity index (χ1v) is 14.4. The first-order chi connectivity index (χ1) is 18.1. The molecule has 0 aliphatic heterocycles. The third-order valence-corrected chi connectivity index (χ3v) is 5.80. The number of rotatable bonds is 16. The number of unbranched alkanes of at least 4 members (excludes halogenated alkanes) is 8. The maximum Gasteiger partial charge on any atom is 0.235 e. The Hall–Kier alpha value is -2.37. The molecule has 0 radical (unpaired) electrons. The average molecular weight is 533 g/mol. The number of aliphatic hydroxyl groups excluding tert-OH is 1. The predicted octanol–water partition coefficient (Wildman–Crippen LogP) is 7.15. The highest BCUT2D eigenvalue weighted by Gasteiger charge is 2.01. The summed E-state index contributed by atoms with van der Waals surface area (Å²) in [5.74, 6) is 0.0576. The lowest BCUT2D eigenvalue weighted by Crippen LogP contribution is -2.23. The van der Waals surface area contributed by atoms with Crippen molar-refractivity contribution in [3.63, 3.8) is 0 Å². The number of nitrogens with one attached hydrogen (secondary N) is 2. The molecule has 2 rings (SSSR count). The third-order valence-electron chi connectivity index (χ3n) is 5.56. The van der Waals surface area contributed by atoms with E-state index in [1.54, 1.807) is 0 Å². The van der Waals surface area contributed by atoms with Gasteiger partial charge in [-0.15, -0.1) is 11.6 Å². The van der Waals surface area contributed by atoms with Gasteiger partial charge in [0.15, 0.2) is 0 Å². The van der Waals surface area contributed by atoms with Crippen LogP contribution in [-0.2, 0) is 22.7 Å². The summed E-state index contributed by atoms with van der Waals surface area (Å²) in [5, 5.41) is 13.9. The third kappa shape index (κ3) is 23.8. The van der Waals surface area contributed by atoms with Crippen LogP contribution in [0, 0.1) is 0 Å². The molecule has 208 valence electrons. The zero-order valence-electron chi connectivity index (χ0n) is 23.0. The molecule has 0 atom stereocenters. The van der Waals surface area contributed by atoms with Gasteiger partial charge in [0.2, 0.25) is 11.8 Å². The van der Waals surface area contributed by atoms with E-state index in [9.17, 15) is 9.59 Å². The van der Waals surface area contributed by atoms with Gasteiger partial charge in [-0.3, -0.25) is 9.59 Å². The second kappa shape index (κ2) is 26.7. The monoisotopic (exact) mass is 532 g/mol. The van der Waals surface area contributed by atoms with Crippen LogP contribution >= 0.6 is 11.6 Å². The van der Waals surface area contributed by atoms with E-state index in [4.69, 9.17) is 16.7 Å². The summed E-state index contributed by atoms with van der Waals surface area (Å²) >= 11 is 5.31. The molecule has 2 amide bonds. The minimum Gasteiger partial charge on any atom is -0.396 e. The largest absolute Gasteiger partial charge is 0.396 e. The molecule has 2 aromatic carbocycles. The molecular weight excluding hydrogens is 484 g/mol. The van der Waals surface area contributed by atoms with Crippen LogP contribution in [0.2, 0.25) is 0 Å². The fraction of sp³-hybridized carbons (Fsp3) is 0.548. The van der Waals surface area contributed by atoms with Crippen LogP contribution in [0.3, 0.4) is 0 Å². The number of hydrogen-bond donors (Lipinski definition) is 3. The summed E-state index contributed by atoms with van der Waals surface area (Å²) in [6, 6.07) is 19.8. The fourth-order valence-corrected chi connectivity index (χ4v) is 3.43. The Morgan fingerprint density at radius 2 is 1.08 bits per heavy atom. The van der Waals surface area contributed by atoms with Gasteiger partial charge in [-0.1, -0.05) is 126 Å². The van der Waals surface area contributed by atoms with Crippen molar-refractivity contribution in [2.75, 3.05) is 12.5 Å².